The van der Waals surface area contributed by atoms with Crippen molar-refractivity contribution in [2.45, 2.75) is 19.8 Å². The van der Waals surface area contributed by atoms with Gasteiger partial charge < -0.3 is 14.8 Å². The predicted molar refractivity (Wildman–Crippen MR) is 107 cm³/mol. The van der Waals surface area contributed by atoms with E-state index >= 15 is 0 Å². The highest BCUT2D eigenvalue weighted by Gasteiger charge is 2.17. The number of methoxy groups -OCH3 is 2. The molecule has 3 rings (SSSR count). The summed E-state index contributed by atoms with van der Waals surface area (Å²) < 4.78 is 24.5. The van der Waals surface area contributed by atoms with E-state index in [4.69, 9.17) is 9.47 Å². The number of pyridine rings is 1. The molecule has 0 bridgehead atoms. The van der Waals surface area contributed by atoms with E-state index in [0.29, 0.717) is 40.2 Å². The van der Waals surface area contributed by atoms with Gasteiger partial charge in [-0.05, 0) is 42.8 Å². The first-order chi connectivity index (χ1) is 13.6. The van der Waals surface area contributed by atoms with E-state index in [1.54, 1.807) is 38.5 Å². The molecule has 0 aliphatic carbocycles. The lowest BCUT2D eigenvalue weighted by molar-refractivity contribution is 0.0955. The maximum atomic E-state index is 13.8. The van der Waals surface area contributed by atoms with Gasteiger partial charge in [-0.25, -0.2) is 9.37 Å². The number of hydrogen-bond acceptors (Lipinski definition) is 4. The van der Waals surface area contributed by atoms with E-state index < -0.39 is 5.82 Å². The average Bonchev–Trinajstić information content (AvgIpc) is 2.72. The molecule has 1 N–H and O–H groups in total. The van der Waals surface area contributed by atoms with Crippen LogP contribution >= 0.6 is 0 Å². The second-order valence-corrected chi connectivity index (χ2v) is 6.39. The number of carbonyl (C=O) groups is 1. The van der Waals surface area contributed by atoms with Crippen LogP contribution in [0.2, 0.25) is 0 Å². The van der Waals surface area contributed by atoms with Gasteiger partial charge in [-0.2, -0.15) is 0 Å². The summed E-state index contributed by atoms with van der Waals surface area (Å²) in [7, 11) is 3.14. The Balaban J connectivity index is 2.14. The first kappa shape index (κ1) is 19.6. The van der Waals surface area contributed by atoms with Crippen LogP contribution in [-0.2, 0) is 0 Å². The summed E-state index contributed by atoms with van der Waals surface area (Å²) in [5.74, 6) is 0.568. The molecule has 1 heterocycles. The van der Waals surface area contributed by atoms with Crippen LogP contribution in [-0.4, -0.2) is 31.7 Å². The Morgan fingerprint density at radius 3 is 2.64 bits per heavy atom. The lowest BCUT2D eigenvalue weighted by Crippen LogP contribution is -2.24. The second-order valence-electron chi connectivity index (χ2n) is 6.39. The van der Waals surface area contributed by atoms with Crippen LogP contribution in [0.5, 0.6) is 11.5 Å². The number of aromatic nitrogens is 1. The number of benzene rings is 2. The molecule has 0 aliphatic heterocycles. The zero-order chi connectivity index (χ0) is 20.1. The van der Waals surface area contributed by atoms with E-state index in [9.17, 15) is 9.18 Å². The Morgan fingerprint density at radius 1 is 1.11 bits per heavy atom. The van der Waals surface area contributed by atoms with Crippen LogP contribution in [0.3, 0.4) is 0 Å². The van der Waals surface area contributed by atoms with E-state index in [0.717, 1.165) is 18.4 Å². The summed E-state index contributed by atoms with van der Waals surface area (Å²) in [4.78, 5) is 17.4. The lowest BCUT2D eigenvalue weighted by Gasteiger charge is -2.13. The molecular weight excluding hydrogens is 359 g/mol. The molecule has 0 radical (unpaired) electrons. The van der Waals surface area contributed by atoms with Crippen molar-refractivity contribution in [1.29, 1.82) is 0 Å². The molecule has 0 spiro atoms. The smallest absolute Gasteiger partial charge is 0.252 e. The van der Waals surface area contributed by atoms with Crippen LogP contribution in [0.15, 0.2) is 42.5 Å². The fraction of sp³-hybridized carbons (Fsp3) is 0.273. The zero-order valence-corrected chi connectivity index (χ0v) is 16.2. The molecule has 28 heavy (non-hydrogen) atoms. The number of rotatable bonds is 7. The topological polar surface area (TPSA) is 60.5 Å². The lowest BCUT2D eigenvalue weighted by atomic mass is 10.0. The maximum Gasteiger partial charge on any atom is 0.252 e. The van der Waals surface area contributed by atoms with Gasteiger partial charge >= 0.3 is 0 Å². The highest BCUT2D eigenvalue weighted by molar-refractivity contribution is 6.07. The normalized spacial score (nSPS) is 10.7. The Bertz CT molecular complexity index is 1000. The van der Waals surface area contributed by atoms with E-state index in [-0.39, 0.29) is 5.91 Å². The first-order valence-electron chi connectivity index (χ1n) is 9.18. The van der Waals surface area contributed by atoms with Gasteiger partial charge in [-0.1, -0.05) is 13.3 Å². The number of fused-ring (bicyclic) bond motifs is 1. The fourth-order valence-corrected chi connectivity index (χ4v) is 3.01. The molecule has 1 aromatic heterocycles. The molecule has 5 nitrogen and oxygen atoms in total. The third-order valence-electron chi connectivity index (χ3n) is 4.52. The summed E-state index contributed by atoms with van der Waals surface area (Å²) in [5, 5.41) is 3.37. The Morgan fingerprint density at radius 2 is 1.93 bits per heavy atom. The van der Waals surface area contributed by atoms with Gasteiger partial charge in [0.05, 0.1) is 31.0 Å². The highest BCUT2D eigenvalue weighted by Crippen LogP contribution is 2.34. The number of ether oxygens (including phenoxy) is 2. The van der Waals surface area contributed by atoms with Crippen LogP contribution in [0, 0.1) is 5.82 Å². The molecule has 1 amide bonds. The van der Waals surface area contributed by atoms with Gasteiger partial charge in [0.1, 0.15) is 17.3 Å². The van der Waals surface area contributed by atoms with E-state index in [2.05, 4.69) is 17.2 Å². The minimum Gasteiger partial charge on any atom is -0.497 e. The molecular formula is C22H23FN2O3. The third-order valence-corrected chi connectivity index (χ3v) is 4.52. The molecule has 0 atom stereocenters. The van der Waals surface area contributed by atoms with Gasteiger partial charge in [-0.3, -0.25) is 4.79 Å². The van der Waals surface area contributed by atoms with Crippen LogP contribution in [0.4, 0.5) is 4.39 Å². The molecule has 6 heteroatoms. The SMILES string of the molecule is CCCCNC(=O)c1cc(-c2ccc(OC)cc2OC)nc2ccc(F)cc12. The van der Waals surface area contributed by atoms with Crippen LogP contribution < -0.4 is 14.8 Å². The molecule has 0 saturated heterocycles. The number of carbonyl (C=O) groups excluding carboxylic acids is 1. The molecule has 2 aromatic carbocycles. The minimum atomic E-state index is -0.410. The molecule has 0 fully saturated rings. The summed E-state index contributed by atoms with van der Waals surface area (Å²) in [6, 6.07) is 11.3. The largest absolute Gasteiger partial charge is 0.497 e. The monoisotopic (exact) mass is 382 g/mol. The molecule has 146 valence electrons. The first-order valence-corrected chi connectivity index (χ1v) is 9.18. The summed E-state index contributed by atoms with van der Waals surface area (Å²) in [6.07, 6.45) is 1.85. The highest BCUT2D eigenvalue weighted by atomic mass is 19.1. The summed E-state index contributed by atoms with van der Waals surface area (Å²) in [5.41, 5.74) is 2.21. The molecule has 0 aliphatic rings. The maximum absolute atomic E-state index is 13.8. The van der Waals surface area contributed by atoms with Crippen molar-refractivity contribution in [3.63, 3.8) is 0 Å². The van der Waals surface area contributed by atoms with Gasteiger partial charge in [0.15, 0.2) is 0 Å². The van der Waals surface area contributed by atoms with Gasteiger partial charge in [-0.15, -0.1) is 0 Å². The average molecular weight is 382 g/mol. The van der Waals surface area contributed by atoms with Crippen molar-refractivity contribution in [1.82, 2.24) is 10.3 Å². The second kappa shape index (κ2) is 8.69. The Labute approximate surface area is 163 Å². The van der Waals surface area contributed by atoms with Crippen molar-refractivity contribution in [2.75, 3.05) is 20.8 Å². The molecule has 3 aromatic rings. The Hall–Kier alpha value is -3.15. The number of amides is 1. The summed E-state index contributed by atoms with van der Waals surface area (Å²) in [6.45, 7) is 2.62. The summed E-state index contributed by atoms with van der Waals surface area (Å²) >= 11 is 0. The quantitative estimate of drug-likeness (QED) is 0.607. The number of hydrogen-bond donors (Lipinski definition) is 1. The van der Waals surface area contributed by atoms with Crippen molar-refractivity contribution in [3.05, 3.63) is 53.8 Å². The number of unbranched alkanes of at least 4 members (excludes halogenated alkanes) is 1. The minimum absolute atomic E-state index is 0.250. The van der Waals surface area contributed by atoms with Gasteiger partial charge in [0, 0.05) is 23.6 Å². The predicted octanol–water partition coefficient (Wildman–Crippen LogP) is 4.59. The van der Waals surface area contributed by atoms with E-state index in [1.165, 1.54) is 12.1 Å². The van der Waals surface area contributed by atoms with Crippen molar-refractivity contribution < 1.29 is 18.7 Å². The van der Waals surface area contributed by atoms with Crippen molar-refractivity contribution in [2.24, 2.45) is 0 Å². The Kier molecular flexibility index (Phi) is 6.09. The van der Waals surface area contributed by atoms with Gasteiger partial charge in [0.25, 0.3) is 5.91 Å². The van der Waals surface area contributed by atoms with Crippen LogP contribution in [0.25, 0.3) is 22.2 Å². The van der Waals surface area contributed by atoms with Crippen LogP contribution in [0.1, 0.15) is 30.1 Å². The number of halogens is 1. The molecule has 0 unspecified atom stereocenters. The standard InChI is InChI=1S/C22H23FN2O3/c1-4-5-10-24-22(26)18-13-20(25-19-9-6-14(23)11-17(18)19)16-8-7-15(27-2)12-21(16)28-3/h6-9,11-13H,4-5,10H2,1-3H3,(H,24,26). The fourth-order valence-electron chi connectivity index (χ4n) is 3.01. The van der Waals surface area contributed by atoms with Crippen molar-refractivity contribution in [3.8, 4) is 22.8 Å². The molecule has 0 saturated carbocycles. The van der Waals surface area contributed by atoms with Crippen molar-refractivity contribution >= 4 is 16.8 Å². The number of nitrogens with zero attached hydrogens (tertiary/aromatic N) is 1. The zero-order valence-electron chi connectivity index (χ0n) is 16.2. The third kappa shape index (κ3) is 4.06. The number of nitrogens with one attached hydrogen (secondary N) is 1. The van der Waals surface area contributed by atoms with E-state index in [1.807, 2.05) is 6.07 Å². The van der Waals surface area contributed by atoms with Gasteiger partial charge in [0.2, 0.25) is 0 Å².